The Kier molecular flexibility index (Phi) is 2.83. The van der Waals surface area contributed by atoms with Crippen LogP contribution in [0, 0.1) is 5.92 Å². The van der Waals surface area contributed by atoms with Gasteiger partial charge in [0, 0.05) is 0 Å². The molecular formula is C4H12NO3P. The number of hydrogen-bond donors (Lipinski definition) is 3. The molecule has 5 heteroatoms. The zero-order chi connectivity index (χ0) is 7.65. The molecule has 1 unspecified atom stereocenters. The predicted molar refractivity (Wildman–Crippen MR) is 34.9 cm³/mol. The van der Waals surface area contributed by atoms with Crippen LogP contribution in [0.2, 0.25) is 0 Å². The average molecular weight is 153 g/mol. The fraction of sp³-hybridized carbons (Fsp3) is 1.00. The maximum absolute atomic E-state index is 10.3. The number of rotatable bonds is 2. The van der Waals surface area contributed by atoms with Crippen LogP contribution in [0.3, 0.4) is 0 Å². The Morgan fingerprint density at radius 1 is 1.44 bits per heavy atom. The molecule has 0 radical (unpaired) electrons. The van der Waals surface area contributed by atoms with E-state index in [9.17, 15) is 4.57 Å². The minimum atomic E-state index is -4.04. The summed E-state index contributed by atoms with van der Waals surface area (Å²) in [5.74, 6) is -1.19. The van der Waals surface area contributed by atoms with Crippen LogP contribution in [0.15, 0.2) is 0 Å². The molecule has 0 fully saturated rings. The molecular weight excluding hydrogens is 141 g/mol. The van der Waals surface area contributed by atoms with Gasteiger partial charge in [0.05, 0.1) is 0 Å². The smallest absolute Gasteiger partial charge is 0.323 e. The van der Waals surface area contributed by atoms with Crippen LogP contribution in [-0.2, 0) is 4.57 Å². The van der Waals surface area contributed by atoms with Gasteiger partial charge in [0.2, 0.25) is 0 Å². The summed E-state index contributed by atoms with van der Waals surface area (Å²) in [6.07, 6.45) is 0. The van der Waals surface area contributed by atoms with Gasteiger partial charge in [-0.2, -0.15) is 0 Å². The molecule has 0 aliphatic rings. The van der Waals surface area contributed by atoms with Gasteiger partial charge in [0.15, 0.2) is 0 Å². The second kappa shape index (κ2) is 2.80. The van der Waals surface area contributed by atoms with E-state index in [1.807, 2.05) is 0 Å². The first kappa shape index (κ1) is 9.11. The molecule has 0 heterocycles. The Labute approximate surface area is 54.2 Å². The first-order valence-corrected chi connectivity index (χ1v) is 4.34. The summed E-state index contributed by atoms with van der Waals surface area (Å²) in [4.78, 5) is 16.9. The molecule has 4 N–H and O–H groups in total. The molecule has 0 saturated carbocycles. The van der Waals surface area contributed by atoms with Crippen molar-refractivity contribution in [3.05, 3.63) is 0 Å². The zero-order valence-electron chi connectivity index (χ0n) is 5.48. The lowest BCUT2D eigenvalue weighted by Crippen LogP contribution is -2.25. The molecule has 0 rings (SSSR count). The molecule has 0 aliphatic carbocycles. The second-order valence-electron chi connectivity index (χ2n) is 2.32. The Morgan fingerprint density at radius 2 is 1.78 bits per heavy atom. The summed E-state index contributed by atoms with van der Waals surface area (Å²) < 4.78 is 10.3. The van der Waals surface area contributed by atoms with Gasteiger partial charge >= 0.3 is 7.60 Å². The van der Waals surface area contributed by atoms with Crippen molar-refractivity contribution in [2.24, 2.45) is 11.7 Å². The van der Waals surface area contributed by atoms with E-state index in [0.29, 0.717) is 0 Å². The van der Waals surface area contributed by atoms with Gasteiger partial charge in [-0.25, -0.2) is 0 Å². The van der Waals surface area contributed by atoms with E-state index in [4.69, 9.17) is 15.5 Å². The Bertz CT molecular complexity index is 130. The van der Waals surface area contributed by atoms with Crippen molar-refractivity contribution >= 4 is 7.60 Å². The van der Waals surface area contributed by atoms with Crippen molar-refractivity contribution in [1.82, 2.24) is 0 Å². The molecule has 0 aromatic heterocycles. The molecule has 0 spiro atoms. The molecule has 0 aromatic carbocycles. The van der Waals surface area contributed by atoms with Crippen molar-refractivity contribution in [3.63, 3.8) is 0 Å². The summed E-state index contributed by atoms with van der Waals surface area (Å²) >= 11 is 0. The highest BCUT2D eigenvalue weighted by molar-refractivity contribution is 7.52. The van der Waals surface area contributed by atoms with E-state index in [1.54, 1.807) is 13.8 Å². The lowest BCUT2D eigenvalue weighted by molar-refractivity contribution is 0.343. The number of hydrogen-bond acceptors (Lipinski definition) is 2. The van der Waals surface area contributed by atoms with Gasteiger partial charge < -0.3 is 15.5 Å². The Hall–Kier alpha value is 0.110. The fourth-order valence-electron chi connectivity index (χ4n) is 0.388. The highest BCUT2D eigenvalue weighted by Crippen LogP contribution is 2.41. The van der Waals surface area contributed by atoms with Gasteiger partial charge in [-0.05, 0) is 5.92 Å². The Balaban J connectivity index is 4.05. The standard InChI is InChI=1S/C4H12NO3P/c1-3(2)4(5)9(6,7)8/h3-4H,5H2,1-2H3,(H2,6,7,8). The maximum Gasteiger partial charge on any atom is 0.342 e. The lowest BCUT2D eigenvalue weighted by atomic mass is 10.2. The third-order valence-corrected chi connectivity index (χ3v) is 2.44. The Morgan fingerprint density at radius 3 is 1.78 bits per heavy atom. The molecule has 9 heavy (non-hydrogen) atoms. The summed E-state index contributed by atoms with van der Waals surface area (Å²) in [5.41, 5.74) is 5.13. The highest BCUT2D eigenvalue weighted by Gasteiger charge is 2.26. The molecule has 0 bridgehead atoms. The van der Waals surface area contributed by atoms with E-state index < -0.39 is 13.4 Å². The van der Waals surface area contributed by atoms with Crippen LogP contribution in [0.4, 0.5) is 0 Å². The van der Waals surface area contributed by atoms with Crippen molar-refractivity contribution in [1.29, 1.82) is 0 Å². The summed E-state index contributed by atoms with van der Waals surface area (Å²) in [6, 6.07) is 0. The van der Waals surface area contributed by atoms with Crippen molar-refractivity contribution < 1.29 is 14.4 Å². The van der Waals surface area contributed by atoms with Crippen LogP contribution in [0.1, 0.15) is 13.8 Å². The summed E-state index contributed by atoms with van der Waals surface area (Å²) in [5, 5.41) is 0. The summed E-state index contributed by atoms with van der Waals surface area (Å²) in [7, 11) is -4.04. The summed E-state index contributed by atoms with van der Waals surface area (Å²) in [6.45, 7) is 3.34. The maximum atomic E-state index is 10.3. The monoisotopic (exact) mass is 153 g/mol. The van der Waals surface area contributed by atoms with Gasteiger partial charge in [-0.3, -0.25) is 4.57 Å². The van der Waals surface area contributed by atoms with Crippen molar-refractivity contribution in [2.75, 3.05) is 0 Å². The normalized spacial score (nSPS) is 16.2. The molecule has 0 aromatic rings. The van der Waals surface area contributed by atoms with E-state index in [2.05, 4.69) is 0 Å². The fourth-order valence-corrected chi connectivity index (χ4v) is 1.17. The zero-order valence-corrected chi connectivity index (χ0v) is 6.38. The third-order valence-electron chi connectivity index (χ3n) is 1.07. The predicted octanol–water partition coefficient (Wildman–Crippen LogP) is 0.105. The molecule has 0 saturated heterocycles. The molecule has 0 amide bonds. The van der Waals surface area contributed by atoms with E-state index >= 15 is 0 Å². The van der Waals surface area contributed by atoms with Gasteiger partial charge in [0.1, 0.15) is 5.78 Å². The van der Waals surface area contributed by atoms with Gasteiger partial charge in [0.25, 0.3) is 0 Å². The largest absolute Gasteiger partial charge is 0.342 e. The molecule has 56 valence electrons. The first-order valence-electron chi connectivity index (χ1n) is 2.66. The molecule has 4 nitrogen and oxygen atoms in total. The van der Waals surface area contributed by atoms with E-state index in [-0.39, 0.29) is 5.92 Å². The molecule has 0 aliphatic heterocycles. The first-order chi connectivity index (χ1) is 3.85. The van der Waals surface area contributed by atoms with Crippen LogP contribution in [0.5, 0.6) is 0 Å². The quantitative estimate of drug-likeness (QED) is 0.491. The number of nitrogens with two attached hydrogens (primary N) is 1. The van der Waals surface area contributed by atoms with E-state index in [1.165, 1.54) is 0 Å². The van der Waals surface area contributed by atoms with Crippen molar-refractivity contribution in [3.8, 4) is 0 Å². The van der Waals surface area contributed by atoms with Crippen LogP contribution >= 0.6 is 7.60 Å². The third kappa shape index (κ3) is 2.96. The van der Waals surface area contributed by atoms with E-state index in [0.717, 1.165) is 0 Å². The van der Waals surface area contributed by atoms with Crippen LogP contribution in [-0.4, -0.2) is 15.6 Å². The minimum Gasteiger partial charge on any atom is -0.323 e. The highest BCUT2D eigenvalue weighted by atomic mass is 31.2. The lowest BCUT2D eigenvalue weighted by Gasteiger charge is -2.15. The van der Waals surface area contributed by atoms with Crippen molar-refractivity contribution in [2.45, 2.75) is 19.6 Å². The topological polar surface area (TPSA) is 83.6 Å². The SMILES string of the molecule is CC(C)C(N)P(=O)(O)O. The minimum absolute atomic E-state index is 0.175. The second-order valence-corrected chi connectivity index (χ2v) is 4.10. The van der Waals surface area contributed by atoms with Gasteiger partial charge in [-0.15, -0.1) is 0 Å². The van der Waals surface area contributed by atoms with Crippen LogP contribution < -0.4 is 5.73 Å². The molecule has 1 atom stereocenters. The van der Waals surface area contributed by atoms with Crippen LogP contribution in [0.25, 0.3) is 0 Å². The average Bonchev–Trinajstić information content (AvgIpc) is 1.62. The van der Waals surface area contributed by atoms with Gasteiger partial charge in [-0.1, -0.05) is 13.8 Å².